The number of hydrogen-bond donors (Lipinski definition) is 0. The molecule has 0 heterocycles. The van der Waals surface area contributed by atoms with Gasteiger partial charge in [-0.3, -0.25) is 4.57 Å². The fourth-order valence-electron chi connectivity index (χ4n) is 1.02. The van der Waals surface area contributed by atoms with Crippen LogP contribution < -0.4 is 0 Å². The second-order valence-electron chi connectivity index (χ2n) is 2.67. The Balaban J connectivity index is 4.27. The number of rotatable bonds is 7. The molecule has 0 aromatic carbocycles. The molecule has 0 amide bonds. The molecule has 0 aliphatic carbocycles. The summed E-state index contributed by atoms with van der Waals surface area (Å²) < 4.78 is 22.1. The summed E-state index contributed by atoms with van der Waals surface area (Å²) in [5.74, 6) is 0. The van der Waals surface area contributed by atoms with Gasteiger partial charge in [0.05, 0.1) is 24.8 Å². The van der Waals surface area contributed by atoms with Crippen molar-refractivity contribution in [2.24, 2.45) is 0 Å². The predicted octanol–water partition coefficient (Wildman–Crippen LogP) is 3.44. The van der Waals surface area contributed by atoms with Gasteiger partial charge in [-0.05, 0) is 20.8 Å². The lowest BCUT2D eigenvalue weighted by molar-refractivity contribution is 0.220. The Hall–Kier alpha value is 0.180. The molecule has 0 radical (unpaired) electrons. The van der Waals surface area contributed by atoms with E-state index < -0.39 is 7.60 Å². The maximum Gasteiger partial charge on any atom is 0.332 e. The lowest BCUT2D eigenvalue weighted by atomic mass is 10.4. The molecule has 0 aromatic heterocycles. The van der Waals surface area contributed by atoms with Crippen molar-refractivity contribution in [1.29, 1.82) is 0 Å². The highest BCUT2D eigenvalue weighted by Gasteiger charge is 2.26. The van der Waals surface area contributed by atoms with Gasteiger partial charge in [0.2, 0.25) is 0 Å². The topological polar surface area (TPSA) is 35.5 Å². The van der Waals surface area contributed by atoms with Crippen molar-refractivity contribution >= 4 is 19.2 Å². The van der Waals surface area contributed by atoms with E-state index >= 15 is 0 Å². The normalized spacial score (nSPS) is 14.9. The van der Waals surface area contributed by atoms with Gasteiger partial charge in [0.15, 0.2) is 0 Å². The third-order valence-corrected chi connectivity index (χ3v) is 4.11. The van der Waals surface area contributed by atoms with Crippen molar-refractivity contribution in [3.63, 3.8) is 0 Å². The Bertz CT molecular complexity index is 208. The first-order valence-electron chi connectivity index (χ1n) is 4.73. The molecule has 0 spiro atoms. The van der Waals surface area contributed by atoms with Crippen LogP contribution in [0, 0.1) is 0 Å². The van der Waals surface area contributed by atoms with Crippen molar-refractivity contribution in [2.75, 3.05) is 19.4 Å². The molecule has 14 heavy (non-hydrogen) atoms. The van der Waals surface area contributed by atoms with Crippen LogP contribution in [0.25, 0.3) is 0 Å². The van der Waals surface area contributed by atoms with Gasteiger partial charge in [0, 0.05) is 0 Å². The predicted molar refractivity (Wildman–Crippen MR) is 60.2 cm³/mol. The number of halogens is 1. The van der Waals surface area contributed by atoms with E-state index in [4.69, 9.17) is 20.6 Å². The molecule has 84 valence electrons. The molecule has 0 bridgehead atoms. The first kappa shape index (κ1) is 14.2. The maximum atomic E-state index is 11.9. The third-order valence-electron chi connectivity index (χ3n) is 1.45. The summed E-state index contributed by atoms with van der Waals surface area (Å²) in [6, 6.07) is 0. The Morgan fingerprint density at radius 3 is 2.21 bits per heavy atom. The lowest BCUT2D eigenvalue weighted by Crippen LogP contribution is -2.07. The average molecular weight is 241 g/mol. The molecule has 0 saturated carbocycles. The highest BCUT2D eigenvalue weighted by molar-refractivity contribution is 7.54. The summed E-state index contributed by atoms with van der Waals surface area (Å²) >= 11 is 5.92. The number of allylic oxidation sites excluding steroid dienone is 2. The third kappa shape index (κ3) is 5.82. The zero-order chi connectivity index (χ0) is 11.0. The Morgan fingerprint density at radius 1 is 1.36 bits per heavy atom. The monoisotopic (exact) mass is 240 g/mol. The minimum Gasteiger partial charge on any atom is -0.309 e. The molecule has 0 fully saturated rings. The summed E-state index contributed by atoms with van der Waals surface area (Å²) in [4.78, 5) is 0. The van der Waals surface area contributed by atoms with Gasteiger partial charge in [0.1, 0.15) is 0 Å². The molecule has 0 aliphatic heterocycles. The van der Waals surface area contributed by atoms with Gasteiger partial charge in [-0.15, -0.1) is 11.6 Å². The molecule has 0 aliphatic rings. The van der Waals surface area contributed by atoms with Gasteiger partial charge in [-0.1, -0.05) is 12.2 Å². The molecule has 3 nitrogen and oxygen atoms in total. The summed E-state index contributed by atoms with van der Waals surface area (Å²) in [7, 11) is -2.99. The molecular weight excluding hydrogens is 223 g/mol. The van der Waals surface area contributed by atoms with E-state index in [0.29, 0.717) is 13.2 Å². The van der Waals surface area contributed by atoms with Crippen molar-refractivity contribution in [2.45, 2.75) is 26.1 Å². The van der Waals surface area contributed by atoms with E-state index in [9.17, 15) is 4.57 Å². The first-order chi connectivity index (χ1) is 6.58. The van der Waals surface area contributed by atoms with E-state index in [1.54, 1.807) is 19.9 Å². The molecule has 0 N–H and O–H groups in total. The summed E-state index contributed by atoms with van der Waals surface area (Å²) in [6.45, 7) is 6.17. The van der Waals surface area contributed by atoms with Gasteiger partial charge >= 0.3 is 7.60 Å². The van der Waals surface area contributed by atoms with Crippen molar-refractivity contribution in [3.8, 4) is 0 Å². The van der Waals surface area contributed by atoms with Crippen LogP contribution in [0.3, 0.4) is 0 Å². The van der Waals surface area contributed by atoms with Crippen LogP contribution in [0.5, 0.6) is 0 Å². The van der Waals surface area contributed by atoms with Crippen LogP contribution in [-0.2, 0) is 13.6 Å². The van der Waals surface area contributed by atoms with Crippen molar-refractivity contribution < 1.29 is 13.6 Å². The van der Waals surface area contributed by atoms with Crippen LogP contribution >= 0.6 is 19.2 Å². The van der Waals surface area contributed by atoms with Gasteiger partial charge in [0.25, 0.3) is 0 Å². The largest absolute Gasteiger partial charge is 0.332 e. The van der Waals surface area contributed by atoms with Crippen LogP contribution in [0.1, 0.15) is 20.8 Å². The van der Waals surface area contributed by atoms with Gasteiger partial charge in [-0.2, -0.15) is 0 Å². The Morgan fingerprint density at radius 2 is 1.86 bits per heavy atom. The molecule has 1 atom stereocenters. The van der Waals surface area contributed by atoms with E-state index in [-0.39, 0.29) is 11.5 Å². The van der Waals surface area contributed by atoms with E-state index in [1.807, 2.05) is 13.0 Å². The van der Waals surface area contributed by atoms with E-state index in [2.05, 4.69) is 0 Å². The standard InChI is InChI=1S/C9H18ClO3P/c1-4-7-9(10)8-14(11,12-5-2)13-6-3/h4,7,9H,5-6,8H2,1-3H3/b7-4+. The second kappa shape index (κ2) is 7.47. The quantitative estimate of drug-likeness (QED) is 0.389. The summed E-state index contributed by atoms with van der Waals surface area (Å²) in [5.41, 5.74) is 0. The molecular formula is C9H18ClO3P. The van der Waals surface area contributed by atoms with Crippen LogP contribution in [0.15, 0.2) is 12.2 Å². The number of hydrogen-bond acceptors (Lipinski definition) is 3. The van der Waals surface area contributed by atoms with Crippen LogP contribution in [-0.4, -0.2) is 24.8 Å². The van der Waals surface area contributed by atoms with Gasteiger partial charge in [-0.25, -0.2) is 0 Å². The minimum atomic E-state index is -2.99. The SMILES string of the molecule is C/C=C/C(Cl)CP(=O)(OCC)OCC. The average Bonchev–Trinajstić information content (AvgIpc) is 2.04. The van der Waals surface area contributed by atoms with Crippen molar-refractivity contribution in [1.82, 2.24) is 0 Å². The van der Waals surface area contributed by atoms with Gasteiger partial charge < -0.3 is 9.05 Å². The maximum absolute atomic E-state index is 11.9. The zero-order valence-corrected chi connectivity index (χ0v) is 10.6. The highest BCUT2D eigenvalue weighted by atomic mass is 35.5. The van der Waals surface area contributed by atoms with Crippen LogP contribution in [0.4, 0.5) is 0 Å². The highest BCUT2D eigenvalue weighted by Crippen LogP contribution is 2.49. The van der Waals surface area contributed by atoms with Crippen LogP contribution in [0.2, 0.25) is 0 Å². The van der Waals surface area contributed by atoms with Crippen molar-refractivity contribution in [3.05, 3.63) is 12.2 Å². The fraction of sp³-hybridized carbons (Fsp3) is 0.778. The minimum absolute atomic E-state index is 0.223. The Labute approximate surface area is 91.0 Å². The smallest absolute Gasteiger partial charge is 0.309 e. The Kier molecular flexibility index (Phi) is 7.56. The van der Waals surface area contributed by atoms with E-state index in [0.717, 1.165) is 0 Å². The van der Waals surface area contributed by atoms with E-state index in [1.165, 1.54) is 0 Å². The molecule has 0 rings (SSSR count). The summed E-state index contributed by atoms with van der Waals surface area (Å²) in [5, 5.41) is -0.302. The zero-order valence-electron chi connectivity index (χ0n) is 8.90. The molecule has 5 heteroatoms. The fourth-order valence-corrected chi connectivity index (χ4v) is 3.29. The first-order valence-corrected chi connectivity index (χ1v) is 6.89. The molecule has 0 aromatic rings. The molecule has 1 unspecified atom stereocenters. The molecule has 0 saturated heterocycles. The second-order valence-corrected chi connectivity index (χ2v) is 5.33. The number of alkyl halides is 1. The lowest BCUT2D eigenvalue weighted by Gasteiger charge is -2.17. The summed E-state index contributed by atoms with van der Waals surface area (Å²) in [6.07, 6.45) is 3.81.